The first-order valence-corrected chi connectivity index (χ1v) is 12.0. The molecule has 0 unspecified atom stereocenters. The van der Waals surface area contributed by atoms with E-state index < -0.39 is 11.9 Å². The lowest BCUT2D eigenvalue weighted by atomic mass is 9.86. The van der Waals surface area contributed by atoms with Crippen LogP contribution in [0.3, 0.4) is 0 Å². The third-order valence-electron chi connectivity index (χ3n) is 6.82. The molecule has 0 bridgehead atoms. The van der Waals surface area contributed by atoms with Gasteiger partial charge < -0.3 is 14.1 Å². The van der Waals surface area contributed by atoms with Crippen molar-refractivity contribution in [1.29, 1.82) is 0 Å². The molecule has 1 aromatic heterocycles. The smallest absolute Gasteiger partial charge is 0.290 e. The summed E-state index contributed by atoms with van der Waals surface area (Å²) in [5.74, 6) is -0.0825. The number of ether oxygens (including phenoxy) is 1. The molecule has 1 aliphatic rings. The summed E-state index contributed by atoms with van der Waals surface area (Å²) in [5.41, 5.74) is 3.04. The van der Waals surface area contributed by atoms with E-state index in [4.69, 9.17) is 9.15 Å². The molecule has 5 nitrogen and oxygen atoms in total. The van der Waals surface area contributed by atoms with Crippen molar-refractivity contribution in [2.24, 2.45) is 0 Å². The maximum Gasteiger partial charge on any atom is 0.290 e. The molecule has 0 radical (unpaired) electrons. The fraction of sp³-hybridized carbons (Fsp3) is 0.267. The zero-order valence-corrected chi connectivity index (χ0v) is 20.8. The van der Waals surface area contributed by atoms with E-state index in [9.17, 15) is 14.0 Å². The molecule has 3 aromatic carbocycles. The summed E-state index contributed by atoms with van der Waals surface area (Å²) in [5, 5.41) is 0.134. The van der Waals surface area contributed by atoms with Gasteiger partial charge in [0, 0.05) is 6.54 Å². The topological polar surface area (TPSA) is 59.8 Å². The summed E-state index contributed by atoms with van der Waals surface area (Å²) in [7, 11) is 1.62. The van der Waals surface area contributed by atoms with E-state index in [0.717, 1.165) is 22.4 Å². The Balaban J connectivity index is 1.60. The molecule has 4 aromatic rings. The summed E-state index contributed by atoms with van der Waals surface area (Å²) >= 11 is 0. The first-order valence-electron chi connectivity index (χ1n) is 12.0. The molecule has 0 aliphatic carbocycles. The lowest BCUT2D eigenvalue weighted by Crippen LogP contribution is -2.31. The molecule has 1 atom stereocenters. The van der Waals surface area contributed by atoms with E-state index >= 15 is 0 Å². The largest absolute Gasteiger partial charge is 0.497 e. The van der Waals surface area contributed by atoms with Gasteiger partial charge in [-0.1, -0.05) is 57.2 Å². The highest BCUT2D eigenvalue weighted by Gasteiger charge is 2.42. The van der Waals surface area contributed by atoms with Gasteiger partial charge in [-0.15, -0.1) is 0 Å². The predicted molar refractivity (Wildman–Crippen MR) is 137 cm³/mol. The number of amides is 1. The number of carbonyl (C=O) groups excluding carboxylic acids is 1. The van der Waals surface area contributed by atoms with Crippen molar-refractivity contribution in [2.75, 3.05) is 13.7 Å². The Bertz CT molecular complexity index is 1500. The molecule has 5 rings (SSSR count). The highest BCUT2D eigenvalue weighted by Crippen LogP contribution is 2.39. The van der Waals surface area contributed by atoms with Crippen LogP contribution < -0.4 is 10.2 Å². The molecule has 2 heterocycles. The second kappa shape index (κ2) is 8.94. The van der Waals surface area contributed by atoms with Gasteiger partial charge in [0.05, 0.1) is 24.1 Å². The molecular weight excluding hydrogens is 457 g/mol. The van der Waals surface area contributed by atoms with E-state index in [2.05, 4.69) is 20.8 Å². The molecule has 6 heteroatoms. The zero-order valence-electron chi connectivity index (χ0n) is 20.8. The predicted octanol–water partition coefficient (Wildman–Crippen LogP) is 6.03. The fourth-order valence-electron chi connectivity index (χ4n) is 4.78. The van der Waals surface area contributed by atoms with Gasteiger partial charge in [0.25, 0.3) is 5.91 Å². The number of halogens is 1. The van der Waals surface area contributed by atoms with Gasteiger partial charge in [0.1, 0.15) is 17.1 Å². The molecule has 0 saturated heterocycles. The van der Waals surface area contributed by atoms with Crippen LogP contribution in [0.1, 0.15) is 59.6 Å². The number of carbonyl (C=O) groups is 1. The molecule has 0 N–H and O–H groups in total. The van der Waals surface area contributed by atoms with E-state index in [1.54, 1.807) is 12.0 Å². The van der Waals surface area contributed by atoms with Gasteiger partial charge in [-0.25, -0.2) is 4.39 Å². The van der Waals surface area contributed by atoms with E-state index in [-0.39, 0.29) is 39.0 Å². The second-order valence-electron chi connectivity index (χ2n) is 10.2. The first-order chi connectivity index (χ1) is 17.2. The maximum atomic E-state index is 14.0. The first kappa shape index (κ1) is 23.8. The Morgan fingerprint density at radius 2 is 1.67 bits per heavy atom. The molecule has 0 fully saturated rings. The van der Waals surface area contributed by atoms with Crippen molar-refractivity contribution in [3.05, 3.63) is 111 Å². The van der Waals surface area contributed by atoms with Crippen LogP contribution in [0.2, 0.25) is 0 Å². The summed E-state index contributed by atoms with van der Waals surface area (Å²) in [6, 6.07) is 18.8. The normalized spacial score (nSPS) is 15.4. The second-order valence-corrected chi connectivity index (χ2v) is 10.2. The minimum Gasteiger partial charge on any atom is -0.497 e. The number of nitrogens with zero attached hydrogens (tertiary/aromatic N) is 1. The number of rotatable bonds is 5. The van der Waals surface area contributed by atoms with Crippen molar-refractivity contribution in [3.8, 4) is 5.75 Å². The number of fused-ring (bicyclic) bond motifs is 2. The molecule has 1 amide bonds. The van der Waals surface area contributed by atoms with E-state index in [1.165, 1.54) is 18.2 Å². The van der Waals surface area contributed by atoms with Crippen molar-refractivity contribution in [3.63, 3.8) is 0 Å². The van der Waals surface area contributed by atoms with Gasteiger partial charge >= 0.3 is 0 Å². The van der Waals surface area contributed by atoms with Gasteiger partial charge in [-0.3, -0.25) is 9.59 Å². The van der Waals surface area contributed by atoms with Crippen molar-refractivity contribution in [2.45, 2.75) is 38.6 Å². The van der Waals surface area contributed by atoms with Crippen LogP contribution in [0.4, 0.5) is 4.39 Å². The van der Waals surface area contributed by atoms with Gasteiger partial charge in [0.15, 0.2) is 5.43 Å². The van der Waals surface area contributed by atoms with Crippen molar-refractivity contribution in [1.82, 2.24) is 4.90 Å². The minimum atomic E-state index is -0.622. The van der Waals surface area contributed by atoms with Crippen LogP contribution in [0.25, 0.3) is 11.0 Å². The number of benzene rings is 3. The van der Waals surface area contributed by atoms with E-state index in [1.807, 2.05) is 48.5 Å². The third kappa shape index (κ3) is 4.17. The number of hydrogen-bond donors (Lipinski definition) is 0. The Morgan fingerprint density at radius 3 is 2.31 bits per heavy atom. The Hall–Kier alpha value is -3.93. The summed E-state index contributed by atoms with van der Waals surface area (Å²) in [6.45, 7) is 6.78. The maximum absolute atomic E-state index is 14.0. The number of hydrogen-bond acceptors (Lipinski definition) is 4. The Labute approximate surface area is 209 Å². The Morgan fingerprint density at radius 1 is 0.972 bits per heavy atom. The van der Waals surface area contributed by atoms with Crippen molar-refractivity contribution >= 4 is 16.9 Å². The average Bonchev–Trinajstić information content (AvgIpc) is 3.14. The van der Waals surface area contributed by atoms with E-state index in [0.29, 0.717) is 13.0 Å². The van der Waals surface area contributed by atoms with Crippen LogP contribution in [0.15, 0.2) is 75.9 Å². The lowest BCUT2D eigenvalue weighted by Gasteiger charge is -2.26. The minimum absolute atomic E-state index is 0.0266. The highest BCUT2D eigenvalue weighted by atomic mass is 19.1. The van der Waals surface area contributed by atoms with Crippen LogP contribution in [-0.4, -0.2) is 24.5 Å². The van der Waals surface area contributed by atoms with Crippen LogP contribution in [-0.2, 0) is 11.8 Å². The highest BCUT2D eigenvalue weighted by molar-refractivity contribution is 5.99. The van der Waals surface area contributed by atoms with Gasteiger partial charge in [-0.05, 0) is 58.9 Å². The summed E-state index contributed by atoms with van der Waals surface area (Å²) < 4.78 is 25.1. The summed E-state index contributed by atoms with van der Waals surface area (Å²) in [6.07, 6.45) is 0.586. The van der Waals surface area contributed by atoms with Crippen molar-refractivity contribution < 1.29 is 18.3 Å². The molecular formula is C30H28FNO4. The van der Waals surface area contributed by atoms with Crippen LogP contribution in [0, 0.1) is 5.82 Å². The fourth-order valence-corrected chi connectivity index (χ4v) is 4.78. The SMILES string of the molecule is COc1ccc(CCN2C(=O)c3oc4ccc(F)cc4c(=O)c3[C@@H]2c2ccc(C(C)(C)C)cc2)cc1. The molecule has 36 heavy (non-hydrogen) atoms. The lowest BCUT2D eigenvalue weighted by molar-refractivity contribution is 0.0730. The monoisotopic (exact) mass is 485 g/mol. The Kier molecular flexibility index (Phi) is 5.91. The average molecular weight is 486 g/mol. The molecule has 0 saturated carbocycles. The molecule has 1 aliphatic heterocycles. The standard InChI is InChI=1S/C30H28FNO4/c1-30(2,3)20-9-7-19(8-10-20)26-25-27(33)23-17-21(31)11-14-24(23)36-28(25)29(34)32(26)16-15-18-5-12-22(35-4)13-6-18/h5-14,17,26H,15-16H2,1-4H3/t26-/m0/s1. The molecule has 184 valence electrons. The van der Waals surface area contributed by atoms with Crippen LogP contribution in [0.5, 0.6) is 5.75 Å². The summed E-state index contributed by atoms with van der Waals surface area (Å²) in [4.78, 5) is 28.9. The zero-order chi connectivity index (χ0) is 25.6. The number of methoxy groups -OCH3 is 1. The molecule has 0 spiro atoms. The van der Waals surface area contributed by atoms with Crippen LogP contribution >= 0.6 is 0 Å². The quantitative estimate of drug-likeness (QED) is 0.347. The van der Waals surface area contributed by atoms with Gasteiger partial charge in [0.2, 0.25) is 5.76 Å². The third-order valence-corrected chi connectivity index (χ3v) is 6.82. The van der Waals surface area contributed by atoms with Gasteiger partial charge in [-0.2, -0.15) is 0 Å².